The van der Waals surface area contributed by atoms with Crippen LogP contribution in [0.25, 0.3) is 0 Å². The summed E-state index contributed by atoms with van der Waals surface area (Å²) in [7, 11) is 0. The van der Waals surface area contributed by atoms with Gasteiger partial charge in [0.05, 0.1) is 12.5 Å². The summed E-state index contributed by atoms with van der Waals surface area (Å²) in [6.45, 7) is 1.84. The number of alkyl halides is 2. The molecule has 6 nitrogen and oxygen atoms in total. The lowest BCUT2D eigenvalue weighted by atomic mass is 9.92. The van der Waals surface area contributed by atoms with Crippen molar-refractivity contribution in [1.82, 2.24) is 10.2 Å². The molecule has 0 aromatic heterocycles. The van der Waals surface area contributed by atoms with Gasteiger partial charge in [-0.05, 0) is 35.6 Å². The molecular weight excluding hydrogens is 430 g/mol. The maximum absolute atomic E-state index is 14.8. The first-order chi connectivity index (χ1) is 15.7. The number of nitrogens with one attached hydrogen (secondary N) is 1. The van der Waals surface area contributed by atoms with Gasteiger partial charge in [0.15, 0.2) is 5.78 Å². The Morgan fingerprint density at radius 2 is 1.91 bits per heavy atom. The Morgan fingerprint density at radius 1 is 1.15 bits per heavy atom. The van der Waals surface area contributed by atoms with Crippen LogP contribution in [0, 0.1) is 0 Å². The van der Waals surface area contributed by atoms with Crippen molar-refractivity contribution in [3.8, 4) is 0 Å². The standard InChI is InChI=1S/C25H24F2N2O4/c1-2-16-5-3-4-6-20(16)25(26,27)24(33)28-13-15-7-9-19-17(11-15)14-29(23(19)32)21-10-8-18(30)12-22(21)31/h3-7,9,11,21H,2,8,10,12-14H2,1H3,(H,28,33). The van der Waals surface area contributed by atoms with Gasteiger partial charge in [-0.25, -0.2) is 0 Å². The number of ketones is 2. The van der Waals surface area contributed by atoms with Crippen LogP contribution < -0.4 is 5.32 Å². The summed E-state index contributed by atoms with van der Waals surface area (Å²) in [6.07, 6.45) is 0.807. The number of amides is 2. The van der Waals surface area contributed by atoms with Crippen LogP contribution in [-0.4, -0.2) is 34.3 Å². The molecular formula is C25H24F2N2O4. The van der Waals surface area contributed by atoms with Crippen molar-refractivity contribution < 1.29 is 28.0 Å². The monoisotopic (exact) mass is 454 g/mol. The third-order valence-corrected chi connectivity index (χ3v) is 6.29. The minimum atomic E-state index is -3.67. The Labute approximate surface area is 190 Å². The predicted octanol–water partition coefficient (Wildman–Crippen LogP) is 3.30. The lowest BCUT2D eigenvalue weighted by Gasteiger charge is -2.29. The zero-order valence-corrected chi connectivity index (χ0v) is 18.2. The molecule has 1 unspecified atom stereocenters. The summed E-state index contributed by atoms with van der Waals surface area (Å²) in [4.78, 5) is 50.3. The number of fused-ring (bicyclic) bond motifs is 1. The van der Waals surface area contributed by atoms with Gasteiger partial charge in [0.1, 0.15) is 5.78 Å². The van der Waals surface area contributed by atoms with Crippen LogP contribution >= 0.6 is 0 Å². The van der Waals surface area contributed by atoms with E-state index in [9.17, 15) is 28.0 Å². The van der Waals surface area contributed by atoms with Crippen molar-refractivity contribution in [3.05, 3.63) is 70.3 Å². The van der Waals surface area contributed by atoms with Crippen molar-refractivity contribution in [2.75, 3.05) is 0 Å². The minimum absolute atomic E-state index is 0.114. The van der Waals surface area contributed by atoms with Crippen molar-refractivity contribution in [2.45, 2.75) is 57.7 Å². The first-order valence-electron chi connectivity index (χ1n) is 10.9. The highest BCUT2D eigenvalue weighted by Crippen LogP contribution is 2.32. The van der Waals surface area contributed by atoms with Gasteiger partial charge in [-0.15, -0.1) is 0 Å². The second-order valence-corrected chi connectivity index (χ2v) is 8.43. The summed E-state index contributed by atoms with van der Waals surface area (Å²) in [5.74, 6) is -5.71. The van der Waals surface area contributed by atoms with Gasteiger partial charge in [0, 0.05) is 30.6 Å². The lowest BCUT2D eigenvalue weighted by molar-refractivity contribution is -0.147. The summed E-state index contributed by atoms with van der Waals surface area (Å²) in [6, 6.07) is 10.2. The Morgan fingerprint density at radius 3 is 2.64 bits per heavy atom. The minimum Gasteiger partial charge on any atom is -0.346 e. The average molecular weight is 454 g/mol. The van der Waals surface area contributed by atoms with Crippen molar-refractivity contribution >= 4 is 23.4 Å². The predicted molar refractivity (Wildman–Crippen MR) is 116 cm³/mol. The summed E-state index contributed by atoms with van der Waals surface area (Å²) in [5, 5.41) is 2.30. The molecule has 33 heavy (non-hydrogen) atoms. The molecule has 2 amide bonds. The van der Waals surface area contributed by atoms with Crippen LogP contribution in [0.15, 0.2) is 42.5 Å². The normalized spacial score (nSPS) is 18.5. The smallest absolute Gasteiger partial charge is 0.346 e. The number of benzene rings is 2. The Balaban J connectivity index is 1.45. The molecule has 2 aromatic carbocycles. The first-order valence-corrected chi connectivity index (χ1v) is 10.9. The molecule has 0 bridgehead atoms. The van der Waals surface area contributed by atoms with Gasteiger partial charge < -0.3 is 10.2 Å². The fourth-order valence-electron chi connectivity index (χ4n) is 4.50. The fraction of sp³-hybridized carbons (Fsp3) is 0.360. The van der Waals surface area contributed by atoms with E-state index in [2.05, 4.69) is 5.32 Å². The van der Waals surface area contributed by atoms with E-state index in [1.807, 2.05) is 0 Å². The van der Waals surface area contributed by atoms with Gasteiger partial charge in [-0.2, -0.15) is 8.78 Å². The Kier molecular flexibility index (Phi) is 6.10. The molecule has 1 heterocycles. The zero-order valence-electron chi connectivity index (χ0n) is 18.2. The van der Waals surface area contributed by atoms with Gasteiger partial charge in [0.2, 0.25) is 0 Å². The van der Waals surface area contributed by atoms with Crippen LogP contribution in [-0.2, 0) is 39.8 Å². The van der Waals surface area contributed by atoms with Crippen molar-refractivity contribution in [3.63, 3.8) is 0 Å². The number of aryl methyl sites for hydroxylation is 1. The Bertz CT molecular complexity index is 1140. The van der Waals surface area contributed by atoms with Crippen LogP contribution in [0.4, 0.5) is 8.78 Å². The summed E-state index contributed by atoms with van der Waals surface area (Å²) < 4.78 is 29.5. The fourth-order valence-corrected chi connectivity index (χ4v) is 4.50. The lowest BCUT2D eigenvalue weighted by Crippen LogP contribution is -2.44. The molecule has 1 fully saturated rings. The molecule has 172 valence electrons. The maximum Gasteiger partial charge on any atom is 0.350 e. The van der Waals surface area contributed by atoms with E-state index in [4.69, 9.17) is 0 Å². The number of hydrogen-bond donors (Lipinski definition) is 1. The number of carbonyl (C=O) groups excluding carboxylic acids is 4. The van der Waals surface area contributed by atoms with E-state index < -0.39 is 17.9 Å². The highest BCUT2D eigenvalue weighted by Gasteiger charge is 2.42. The first kappa shape index (κ1) is 22.8. The molecule has 1 aliphatic heterocycles. The topological polar surface area (TPSA) is 83.6 Å². The third kappa shape index (κ3) is 4.29. The van der Waals surface area contributed by atoms with E-state index >= 15 is 0 Å². The Hall–Kier alpha value is -3.42. The highest BCUT2D eigenvalue weighted by molar-refractivity contribution is 6.07. The number of carbonyl (C=O) groups is 4. The van der Waals surface area contributed by atoms with Crippen LogP contribution in [0.2, 0.25) is 0 Å². The van der Waals surface area contributed by atoms with E-state index in [1.54, 1.807) is 37.3 Å². The molecule has 0 spiro atoms. The zero-order chi connectivity index (χ0) is 23.8. The van der Waals surface area contributed by atoms with Gasteiger partial charge in [-0.3, -0.25) is 19.2 Å². The summed E-state index contributed by atoms with van der Waals surface area (Å²) >= 11 is 0. The van der Waals surface area contributed by atoms with Crippen LogP contribution in [0.1, 0.15) is 58.8 Å². The number of Topliss-reactive ketones (excluding diaryl/α,β-unsaturated/α-hetero) is 2. The van der Waals surface area contributed by atoms with Crippen molar-refractivity contribution in [2.24, 2.45) is 0 Å². The maximum atomic E-state index is 14.8. The van der Waals surface area contributed by atoms with Gasteiger partial charge >= 0.3 is 5.92 Å². The van der Waals surface area contributed by atoms with E-state index in [0.29, 0.717) is 35.1 Å². The number of hydrogen-bond acceptors (Lipinski definition) is 4. The van der Waals surface area contributed by atoms with E-state index in [-0.39, 0.29) is 49.0 Å². The molecule has 8 heteroatoms. The molecule has 2 aliphatic rings. The second-order valence-electron chi connectivity index (χ2n) is 8.43. The molecule has 1 atom stereocenters. The molecule has 1 aliphatic carbocycles. The molecule has 0 radical (unpaired) electrons. The number of rotatable bonds is 6. The van der Waals surface area contributed by atoms with Crippen molar-refractivity contribution in [1.29, 1.82) is 0 Å². The average Bonchev–Trinajstić information content (AvgIpc) is 3.12. The molecule has 1 saturated carbocycles. The quantitative estimate of drug-likeness (QED) is 0.679. The summed E-state index contributed by atoms with van der Waals surface area (Å²) in [5.41, 5.74) is 1.78. The molecule has 2 aromatic rings. The van der Waals surface area contributed by atoms with Crippen LogP contribution in [0.5, 0.6) is 0 Å². The SMILES string of the molecule is CCc1ccccc1C(F)(F)C(=O)NCc1ccc2c(c1)CN(C1CCC(=O)CC1=O)C2=O. The number of halogens is 2. The molecule has 4 rings (SSSR count). The largest absolute Gasteiger partial charge is 0.350 e. The van der Waals surface area contributed by atoms with Crippen LogP contribution in [0.3, 0.4) is 0 Å². The van der Waals surface area contributed by atoms with E-state index in [0.717, 1.165) is 0 Å². The number of nitrogens with zero attached hydrogens (tertiary/aromatic N) is 1. The van der Waals surface area contributed by atoms with Gasteiger partial charge in [-0.1, -0.05) is 43.3 Å². The highest BCUT2D eigenvalue weighted by atomic mass is 19.3. The van der Waals surface area contributed by atoms with Gasteiger partial charge in [0.25, 0.3) is 11.8 Å². The van der Waals surface area contributed by atoms with E-state index in [1.165, 1.54) is 17.0 Å². The molecule has 0 saturated heterocycles. The third-order valence-electron chi connectivity index (χ3n) is 6.29. The second kappa shape index (κ2) is 8.84. The molecule has 1 N–H and O–H groups in total.